The smallest absolute Gasteiger partial charge is 0.319 e. The SMILES string of the molecule is O=C(NCCCl)N(CC1CCCCC1)[C@@H]1O[C@H](CO)[C@H](O)[C@H](O)[C@H]1O. The Balaban J connectivity index is 2.14. The number of hydrogen-bond donors (Lipinski definition) is 5. The molecule has 1 aliphatic heterocycles. The van der Waals surface area contributed by atoms with Gasteiger partial charge in [0, 0.05) is 19.0 Å². The number of hydrogen-bond acceptors (Lipinski definition) is 6. The number of urea groups is 1. The third kappa shape index (κ3) is 5.18. The molecule has 2 amide bonds. The van der Waals surface area contributed by atoms with Crippen molar-refractivity contribution in [3.63, 3.8) is 0 Å². The van der Waals surface area contributed by atoms with E-state index in [0.717, 1.165) is 25.7 Å². The average Bonchev–Trinajstić information content (AvgIpc) is 2.64. The molecule has 5 atom stereocenters. The number of halogens is 1. The molecule has 0 bridgehead atoms. The normalized spacial score (nSPS) is 33.9. The summed E-state index contributed by atoms with van der Waals surface area (Å²) < 4.78 is 5.56. The van der Waals surface area contributed by atoms with Gasteiger partial charge in [0.25, 0.3) is 0 Å². The van der Waals surface area contributed by atoms with E-state index in [1.807, 2.05) is 0 Å². The van der Waals surface area contributed by atoms with Crippen LogP contribution in [0.2, 0.25) is 0 Å². The molecule has 8 nitrogen and oxygen atoms in total. The van der Waals surface area contributed by atoms with Crippen molar-refractivity contribution in [2.75, 3.05) is 25.6 Å². The molecule has 0 spiro atoms. The molecule has 1 heterocycles. The van der Waals surface area contributed by atoms with Gasteiger partial charge < -0.3 is 30.5 Å². The molecule has 0 unspecified atom stereocenters. The molecular formula is C16H29ClN2O6. The van der Waals surface area contributed by atoms with Gasteiger partial charge in [0.05, 0.1) is 6.61 Å². The first-order valence-electron chi connectivity index (χ1n) is 8.90. The number of amides is 2. The quantitative estimate of drug-likeness (QED) is 0.400. The first-order chi connectivity index (χ1) is 12.0. The van der Waals surface area contributed by atoms with Crippen molar-refractivity contribution in [3.8, 4) is 0 Å². The lowest BCUT2D eigenvalue weighted by atomic mass is 9.88. The van der Waals surface area contributed by atoms with Gasteiger partial charge >= 0.3 is 6.03 Å². The van der Waals surface area contributed by atoms with E-state index in [4.69, 9.17) is 16.3 Å². The Morgan fingerprint density at radius 1 is 1.12 bits per heavy atom. The second-order valence-corrected chi connectivity index (χ2v) is 7.17. The molecule has 5 N–H and O–H groups in total. The van der Waals surface area contributed by atoms with Crippen LogP contribution in [0.25, 0.3) is 0 Å². The number of nitrogens with zero attached hydrogens (tertiary/aromatic N) is 1. The number of aliphatic hydroxyl groups is 4. The lowest BCUT2D eigenvalue weighted by molar-refractivity contribution is -0.258. The van der Waals surface area contributed by atoms with Gasteiger partial charge in [-0.3, -0.25) is 4.90 Å². The summed E-state index contributed by atoms with van der Waals surface area (Å²) in [4.78, 5) is 13.9. The molecule has 1 aliphatic carbocycles. The second kappa shape index (κ2) is 9.89. The predicted octanol–water partition coefficient (Wildman–Crippen LogP) is -0.383. The van der Waals surface area contributed by atoms with E-state index in [9.17, 15) is 25.2 Å². The Hall–Kier alpha value is -0.640. The molecule has 0 radical (unpaired) electrons. The van der Waals surface area contributed by atoms with Crippen molar-refractivity contribution in [3.05, 3.63) is 0 Å². The second-order valence-electron chi connectivity index (χ2n) is 6.80. The Morgan fingerprint density at radius 2 is 1.80 bits per heavy atom. The highest BCUT2D eigenvalue weighted by Crippen LogP contribution is 2.28. The Bertz CT molecular complexity index is 421. The highest BCUT2D eigenvalue weighted by atomic mass is 35.5. The number of carbonyl (C=O) groups excluding carboxylic acids is 1. The number of ether oxygens (including phenoxy) is 1. The summed E-state index contributed by atoms with van der Waals surface area (Å²) in [6, 6.07) is -0.449. The zero-order chi connectivity index (χ0) is 18.4. The van der Waals surface area contributed by atoms with Gasteiger partial charge in [0.2, 0.25) is 0 Å². The van der Waals surface area contributed by atoms with Crippen molar-refractivity contribution < 1.29 is 30.0 Å². The number of rotatable bonds is 6. The Labute approximate surface area is 152 Å². The van der Waals surface area contributed by atoms with Gasteiger partial charge in [0.15, 0.2) is 6.23 Å². The maximum Gasteiger partial charge on any atom is 0.319 e. The molecule has 0 aromatic heterocycles. The molecule has 2 fully saturated rings. The minimum Gasteiger partial charge on any atom is -0.394 e. The minimum atomic E-state index is -1.51. The summed E-state index contributed by atoms with van der Waals surface area (Å²) in [5.74, 6) is 0.528. The van der Waals surface area contributed by atoms with Crippen LogP contribution in [0.4, 0.5) is 4.79 Å². The molecular weight excluding hydrogens is 352 g/mol. The summed E-state index contributed by atoms with van der Waals surface area (Å²) in [5.41, 5.74) is 0. The highest BCUT2D eigenvalue weighted by Gasteiger charge is 2.47. The van der Waals surface area contributed by atoms with E-state index in [2.05, 4.69) is 5.32 Å². The number of nitrogens with one attached hydrogen (secondary N) is 1. The first kappa shape index (κ1) is 20.7. The topological polar surface area (TPSA) is 122 Å². The Morgan fingerprint density at radius 3 is 2.40 bits per heavy atom. The third-order valence-corrected chi connectivity index (χ3v) is 5.17. The lowest BCUT2D eigenvalue weighted by Gasteiger charge is -2.45. The number of alkyl halides is 1. The zero-order valence-corrected chi connectivity index (χ0v) is 15.0. The van der Waals surface area contributed by atoms with E-state index in [0.29, 0.717) is 6.54 Å². The molecule has 0 aromatic carbocycles. The van der Waals surface area contributed by atoms with Gasteiger partial charge in [-0.2, -0.15) is 0 Å². The summed E-state index contributed by atoms with van der Waals surface area (Å²) in [6.07, 6.45) is -1.28. The average molecular weight is 381 g/mol. The van der Waals surface area contributed by atoms with Crippen LogP contribution in [0, 0.1) is 5.92 Å². The van der Waals surface area contributed by atoms with Crippen LogP contribution >= 0.6 is 11.6 Å². The maximum absolute atomic E-state index is 12.6. The highest BCUT2D eigenvalue weighted by molar-refractivity contribution is 6.18. The molecule has 1 saturated heterocycles. The largest absolute Gasteiger partial charge is 0.394 e. The fourth-order valence-electron chi connectivity index (χ4n) is 3.55. The molecule has 2 aliphatic rings. The van der Waals surface area contributed by atoms with Crippen molar-refractivity contribution >= 4 is 17.6 Å². The molecule has 25 heavy (non-hydrogen) atoms. The fourth-order valence-corrected chi connectivity index (χ4v) is 3.64. The van der Waals surface area contributed by atoms with Crippen LogP contribution in [0.15, 0.2) is 0 Å². The van der Waals surface area contributed by atoms with E-state index >= 15 is 0 Å². The van der Waals surface area contributed by atoms with Gasteiger partial charge in [-0.25, -0.2) is 4.79 Å². The van der Waals surface area contributed by atoms with Crippen molar-refractivity contribution in [1.29, 1.82) is 0 Å². The fraction of sp³-hybridized carbons (Fsp3) is 0.938. The molecule has 2 rings (SSSR count). The molecule has 9 heteroatoms. The Kier molecular flexibility index (Phi) is 8.18. The first-order valence-corrected chi connectivity index (χ1v) is 9.44. The van der Waals surface area contributed by atoms with Gasteiger partial charge in [0.1, 0.15) is 24.4 Å². The standard InChI is InChI=1S/C16H29ClN2O6/c17-6-7-18-16(24)19(8-10-4-2-1-3-5-10)15-14(23)13(22)12(21)11(9-20)25-15/h10-15,20-23H,1-9H2,(H,18,24)/t11-,12+,13+,14-,15-/m1/s1. The van der Waals surface area contributed by atoms with Gasteiger partial charge in [-0.1, -0.05) is 19.3 Å². The van der Waals surface area contributed by atoms with E-state index in [1.54, 1.807) is 0 Å². The predicted molar refractivity (Wildman–Crippen MR) is 91.2 cm³/mol. The maximum atomic E-state index is 12.6. The number of aliphatic hydroxyl groups excluding tert-OH is 4. The third-order valence-electron chi connectivity index (χ3n) is 4.99. The lowest BCUT2D eigenvalue weighted by Crippen LogP contribution is -2.65. The molecule has 1 saturated carbocycles. The van der Waals surface area contributed by atoms with Crippen LogP contribution < -0.4 is 5.32 Å². The molecule has 0 aromatic rings. The van der Waals surface area contributed by atoms with Crippen LogP contribution in [-0.2, 0) is 4.74 Å². The van der Waals surface area contributed by atoms with Crippen molar-refractivity contribution in [2.45, 2.75) is 62.7 Å². The van der Waals surface area contributed by atoms with E-state index in [1.165, 1.54) is 11.3 Å². The minimum absolute atomic E-state index is 0.248. The van der Waals surface area contributed by atoms with E-state index in [-0.39, 0.29) is 18.3 Å². The van der Waals surface area contributed by atoms with Crippen LogP contribution in [-0.4, -0.2) is 87.6 Å². The van der Waals surface area contributed by atoms with Gasteiger partial charge in [-0.15, -0.1) is 11.6 Å². The number of carbonyl (C=O) groups is 1. The van der Waals surface area contributed by atoms with Crippen LogP contribution in [0.5, 0.6) is 0 Å². The van der Waals surface area contributed by atoms with Gasteiger partial charge in [-0.05, 0) is 18.8 Å². The van der Waals surface area contributed by atoms with E-state index < -0.39 is 43.3 Å². The monoisotopic (exact) mass is 380 g/mol. The van der Waals surface area contributed by atoms with Crippen molar-refractivity contribution in [2.24, 2.45) is 5.92 Å². The summed E-state index contributed by atoms with van der Waals surface area (Å²) in [6.45, 7) is 0.109. The van der Waals surface area contributed by atoms with Crippen LogP contribution in [0.3, 0.4) is 0 Å². The summed E-state index contributed by atoms with van der Waals surface area (Å²) >= 11 is 5.62. The van der Waals surface area contributed by atoms with Crippen molar-refractivity contribution in [1.82, 2.24) is 10.2 Å². The van der Waals surface area contributed by atoms with Crippen LogP contribution in [0.1, 0.15) is 32.1 Å². The summed E-state index contributed by atoms with van der Waals surface area (Å²) in [7, 11) is 0. The zero-order valence-electron chi connectivity index (χ0n) is 14.3. The molecule has 146 valence electrons. The summed E-state index contributed by atoms with van der Waals surface area (Å²) in [5, 5.41) is 42.3.